The Morgan fingerprint density at radius 3 is 2.63 bits per heavy atom. The highest BCUT2D eigenvalue weighted by Crippen LogP contribution is 2.18. The number of rotatable bonds is 6. The zero-order valence-electron chi connectivity index (χ0n) is 11.6. The van der Waals surface area contributed by atoms with E-state index in [9.17, 15) is 4.79 Å². The van der Waals surface area contributed by atoms with E-state index in [4.69, 9.17) is 4.74 Å². The number of esters is 1. The molecule has 2 rings (SSSR count). The van der Waals surface area contributed by atoms with Crippen molar-refractivity contribution in [3.63, 3.8) is 0 Å². The van der Waals surface area contributed by atoms with Crippen molar-refractivity contribution in [3.05, 3.63) is 35.9 Å². The Balaban J connectivity index is 1.77. The Labute approximate surface area is 115 Å². The quantitative estimate of drug-likeness (QED) is 0.799. The molecule has 1 aromatic rings. The molecule has 0 aromatic heterocycles. The first-order valence-electron chi connectivity index (χ1n) is 7.28. The topological polar surface area (TPSA) is 38.3 Å². The molecule has 0 spiro atoms. The van der Waals surface area contributed by atoms with Gasteiger partial charge in [-0.15, -0.1) is 0 Å². The largest absolute Gasteiger partial charge is 0.460 e. The minimum atomic E-state index is -0.229. The second-order valence-electron chi connectivity index (χ2n) is 5.22. The Bertz CT molecular complexity index is 385. The first-order valence-corrected chi connectivity index (χ1v) is 7.28. The third-order valence-corrected chi connectivity index (χ3v) is 3.74. The molecule has 1 N–H and O–H groups in total. The van der Waals surface area contributed by atoms with Crippen LogP contribution in [0.4, 0.5) is 0 Å². The maximum Gasteiger partial charge on any atom is 0.338 e. The number of nitrogens with one attached hydrogen (secondary N) is 1. The fourth-order valence-corrected chi connectivity index (χ4v) is 2.54. The molecule has 1 saturated carbocycles. The number of carbonyl (C=O) groups is 1. The lowest BCUT2D eigenvalue weighted by atomic mass is 10.1. The van der Waals surface area contributed by atoms with Gasteiger partial charge >= 0.3 is 5.97 Å². The van der Waals surface area contributed by atoms with Gasteiger partial charge < -0.3 is 10.1 Å². The van der Waals surface area contributed by atoms with E-state index in [-0.39, 0.29) is 12.0 Å². The molecule has 0 bridgehead atoms. The fraction of sp³-hybridized carbons (Fsp3) is 0.562. The van der Waals surface area contributed by atoms with Crippen molar-refractivity contribution in [2.45, 2.75) is 51.1 Å². The van der Waals surface area contributed by atoms with Crippen LogP contribution in [0.5, 0.6) is 0 Å². The summed E-state index contributed by atoms with van der Waals surface area (Å²) in [6.07, 6.45) is 6.13. The van der Waals surface area contributed by atoms with Gasteiger partial charge in [0.05, 0.1) is 5.56 Å². The van der Waals surface area contributed by atoms with Gasteiger partial charge in [0.15, 0.2) is 0 Å². The maximum atomic E-state index is 11.9. The van der Waals surface area contributed by atoms with E-state index in [2.05, 4.69) is 12.2 Å². The molecular formula is C16H23NO2. The molecule has 19 heavy (non-hydrogen) atoms. The van der Waals surface area contributed by atoms with Crippen LogP contribution >= 0.6 is 0 Å². The Morgan fingerprint density at radius 1 is 1.32 bits per heavy atom. The van der Waals surface area contributed by atoms with Crippen LogP contribution in [0.1, 0.15) is 49.4 Å². The average Bonchev–Trinajstić information content (AvgIpc) is 2.97. The number of benzene rings is 1. The van der Waals surface area contributed by atoms with Crippen molar-refractivity contribution in [1.29, 1.82) is 0 Å². The molecular weight excluding hydrogens is 238 g/mol. The SMILES string of the molecule is CC[C@@H](COC(=O)c1ccccc1)NC1CCCC1. The van der Waals surface area contributed by atoms with Crippen LogP contribution < -0.4 is 5.32 Å². The van der Waals surface area contributed by atoms with Gasteiger partial charge in [-0.2, -0.15) is 0 Å². The van der Waals surface area contributed by atoms with Crippen molar-refractivity contribution in [2.24, 2.45) is 0 Å². The molecule has 3 nitrogen and oxygen atoms in total. The van der Waals surface area contributed by atoms with Crippen LogP contribution in [0.15, 0.2) is 30.3 Å². The zero-order chi connectivity index (χ0) is 13.5. The van der Waals surface area contributed by atoms with E-state index in [1.807, 2.05) is 18.2 Å². The van der Waals surface area contributed by atoms with E-state index in [1.165, 1.54) is 25.7 Å². The van der Waals surface area contributed by atoms with E-state index in [0.717, 1.165) is 6.42 Å². The lowest BCUT2D eigenvalue weighted by Crippen LogP contribution is -2.39. The molecule has 0 radical (unpaired) electrons. The van der Waals surface area contributed by atoms with Gasteiger partial charge in [0.25, 0.3) is 0 Å². The second kappa shape index (κ2) is 7.29. The molecule has 1 atom stereocenters. The van der Waals surface area contributed by atoms with Crippen LogP contribution in [-0.4, -0.2) is 24.7 Å². The normalized spacial score (nSPS) is 17.3. The third-order valence-electron chi connectivity index (χ3n) is 3.74. The van der Waals surface area contributed by atoms with E-state index in [1.54, 1.807) is 12.1 Å². The lowest BCUT2D eigenvalue weighted by Gasteiger charge is -2.21. The molecule has 1 aromatic carbocycles. The van der Waals surface area contributed by atoms with Gasteiger partial charge in [-0.05, 0) is 31.4 Å². The van der Waals surface area contributed by atoms with Crippen molar-refractivity contribution < 1.29 is 9.53 Å². The van der Waals surface area contributed by atoms with Gasteiger partial charge in [-0.3, -0.25) is 0 Å². The number of carbonyl (C=O) groups excluding carboxylic acids is 1. The van der Waals surface area contributed by atoms with E-state index in [0.29, 0.717) is 18.2 Å². The van der Waals surface area contributed by atoms with Crippen molar-refractivity contribution >= 4 is 5.97 Å². The average molecular weight is 261 g/mol. The van der Waals surface area contributed by atoms with Crippen LogP contribution in [-0.2, 0) is 4.74 Å². The molecule has 1 aliphatic carbocycles. The highest BCUT2D eigenvalue weighted by atomic mass is 16.5. The van der Waals surface area contributed by atoms with Crippen molar-refractivity contribution in [3.8, 4) is 0 Å². The summed E-state index contributed by atoms with van der Waals surface area (Å²) < 4.78 is 5.39. The standard InChI is InChI=1S/C16H23NO2/c1-2-14(17-15-10-6-7-11-15)12-19-16(18)13-8-4-3-5-9-13/h3-5,8-9,14-15,17H,2,6-7,10-12H2,1H3/t14-/m0/s1. The Kier molecular flexibility index (Phi) is 5.40. The Morgan fingerprint density at radius 2 is 2.00 bits per heavy atom. The molecule has 1 aliphatic rings. The summed E-state index contributed by atoms with van der Waals surface area (Å²) in [4.78, 5) is 11.9. The second-order valence-corrected chi connectivity index (χ2v) is 5.22. The molecule has 1 fully saturated rings. The van der Waals surface area contributed by atoms with Crippen LogP contribution in [0.3, 0.4) is 0 Å². The lowest BCUT2D eigenvalue weighted by molar-refractivity contribution is 0.0457. The summed E-state index contributed by atoms with van der Waals surface area (Å²) in [6, 6.07) is 10.1. The predicted octanol–water partition coefficient (Wildman–Crippen LogP) is 3.15. The highest BCUT2D eigenvalue weighted by molar-refractivity contribution is 5.89. The fourth-order valence-electron chi connectivity index (χ4n) is 2.54. The van der Waals surface area contributed by atoms with Crippen LogP contribution in [0, 0.1) is 0 Å². The third kappa shape index (κ3) is 4.35. The summed E-state index contributed by atoms with van der Waals surface area (Å²) in [5.41, 5.74) is 0.623. The van der Waals surface area contributed by atoms with Gasteiger partial charge in [0.2, 0.25) is 0 Å². The summed E-state index contributed by atoms with van der Waals surface area (Å²) >= 11 is 0. The first kappa shape index (κ1) is 14.1. The molecule has 3 heteroatoms. The predicted molar refractivity (Wildman–Crippen MR) is 76.2 cm³/mol. The molecule has 104 valence electrons. The number of ether oxygens (including phenoxy) is 1. The molecule has 0 aliphatic heterocycles. The van der Waals surface area contributed by atoms with Gasteiger partial charge in [0, 0.05) is 12.1 Å². The van der Waals surface area contributed by atoms with Gasteiger partial charge in [0.1, 0.15) is 6.61 Å². The molecule has 0 amide bonds. The molecule has 0 heterocycles. The maximum absolute atomic E-state index is 11.9. The van der Waals surface area contributed by atoms with Crippen molar-refractivity contribution in [1.82, 2.24) is 5.32 Å². The number of hydrogen-bond donors (Lipinski definition) is 1. The summed E-state index contributed by atoms with van der Waals surface area (Å²) in [7, 11) is 0. The molecule has 0 unspecified atom stereocenters. The Hall–Kier alpha value is -1.35. The van der Waals surface area contributed by atoms with Gasteiger partial charge in [-0.1, -0.05) is 38.0 Å². The minimum absolute atomic E-state index is 0.229. The van der Waals surface area contributed by atoms with E-state index >= 15 is 0 Å². The van der Waals surface area contributed by atoms with Crippen LogP contribution in [0.2, 0.25) is 0 Å². The highest BCUT2D eigenvalue weighted by Gasteiger charge is 2.19. The van der Waals surface area contributed by atoms with Crippen molar-refractivity contribution in [2.75, 3.05) is 6.61 Å². The van der Waals surface area contributed by atoms with Crippen LogP contribution in [0.25, 0.3) is 0 Å². The number of hydrogen-bond acceptors (Lipinski definition) is 3. The first-order chi connectivity index (χ1) is 9.29. The summed E-state index contributed by atoms with van der Waals surface area (Å²) in [5.74, 6) is -0.229. The summed E-state index contributed by atoms with van der Waals surface area (Å²) in [6.45, 7) is 2.59. The summed E-state index contributed by atoms with van der Waals surface area (Å²) in [5, 5.41) is 3.60. The zero-order valence-corrected chi connectivity index (χ0v) is 11.6. The molecule has 0 saturated heterocycles. The monoisotopic (exact) mass is 261 g/mol. The smallest absolute Gasteiger partial charge is 0.338 e. The minimum Gasteiger partial charge on any atom is -0.460 e. The van der Waals surface area contributed by atoms with Gasteiger partial charge in [-0.25, -0.2) is 4.79 Å². The van der Waals surface area contributed by atoms with E-state index < -0.39 is 0 Å².